The molecule has 2 aliphatic rings. The van der Waals surface area contributed by atoms with Crippen LogP contribution in [0.15, 0.2) is 60.7 Å². The van der Waals surface area contributed by atoms with E-state index in [1.165, 1.54) is 63.0 Å². The summed E-state index contributed by atoms with van der Waals surface area (Å²) in [4.78, 5) is 5.27. The van der Waals surface area contributed by atoms with Gasteiger partial charge in [-0.25, -0.2) is 0 Å². The topological polar surface area (TPSA) is 18.5 Å². The maximum atomic E-state index is 3.93. The van der Waals surface area contributed by atoms with Crippen LogP contribution in [0.1, 0.15) is 42.7 Å². The highest BCUT2D eigenvalue weighted by Crippen LogP contribution is 2.28. The Balaban J connectivity index is 1.36. The molecule has 0 amide bonds. The van der Waals surface area contributed by atoms with Crippen LogP contribution < -0.4 is 5.32 Å². The molecule has 2 saturated heterocycles. The second-order valence-corrected chi connectivity index (χ2v) is 8.49. The molecule has 2 heterocycles. The Morgan fingerprint density at radius 2 is 1.50 bits per heavy atom. The first-order chi connectivity index (χ1) is 13.9. The Hall–Kier alpha value is -1.68. The van der Waals surface area contributed by atoms with E-state index in [2.05, 4.69) is 75.8 Å². The van der Waals surface area contributed by atoms with Gasteiger partial charge < -0.3 is 10.2 Å². The fourth-order valence-electron chi connectivity index (χ4n) is 4.88. The molecule has 3 nitrogen and oxygen atoms in total. The number of benzene rings is 2. The Morgan fingerprint density at radius 3 is 2.25 bits per heavy atom. The quantitative estimate of drug-likeness (QED) is 0.783. The number of piperidine rings is 2. The normalized spacial score (nSPS) is 24.3. The molecule has 2 aliphatic heterocycles. The third-order valence-corrected chi connectivity index (χ3v) is 6.46. The molecule has 3 heteroatoms. The SMILES string of the molecule is c1ccc(CN2CC[C@@H](NCCN3CCCCC3)[C@@H](c3ccccc3)C2)cc1. The zero-order valence-electron chi connectivity index (χ0n) is 17.1. The molecule has 28 heavy (non-hydrogen) atoms. The molecule has 0 radical (unpaired) electrons. The first kappa shape index (κ1) is 19.6. The number of nitrogens with zero attached hydrogens (tertiary/aromatic N) is 2. The Labute approximate surface area is 170 Å². The van der Waals surface area contributed by atoms with Crippen molar-refractivity contribution in [3.8, 4) is 0 Å². The van der Waals surface area contributed by atoms with Gasteiger partial charge in [0.1, 0.15) is 0 Å². The van der Waals surface area contributed by atoms with Gasteiger partial charge in [0.25, 0.3) is 0 Å². The van der Waals surface area contributed by atoms with Crippen molar-refractivity contribution >= 4 is 0 Å². The molecule has 150 valence electrons. The van der Waals surface area contributed by atoms with Gasteiger partial charge >= 0.3 is 0 Å². The Kier molecular flexibility index (Phi) is 7.15. The molecule has 2 aromatic carbocycles. The van der Waals surface area contributed by atoms with Crippen LogP contribution >= 0.6 is 0 Å². The lowest BCUT2D eigenvalue weighted by Crippen LogP contribution is -2.49. The van der Waals surface area contributed by atoms with E-state index in [9.17, 15) is 0 Å². The van der Waals surface area contributed by atoms with Crippen molar-refractivity contribution in [2.75, 3.05) is 39.3 Å². The van der Waals surface area contributed by atoms with Crippen molar-refractivity contribution in [2.24, 2.45) is 0 Å². The summed E-state index contributed by atoms with van der Waals surface area (Å²) >= 11 is 0. The van der Waals surface area contributed by atoms with Gasteiger partial charge in [-0.1, -0.05) is 67.1 Å². The van der Waals surface area contributed by atoms with Crippen molar-refractivity contribution in [1.82, 2.24) is 15.1 Å². The van der Waals surface area contributed by atoms with Gasteiger partial charge in [0.2, 0.25) is 0 Å². The van der Waals surface area contributed by atoms with Crippen molar-refractivity contribution in [3.63, 3.8) is 0 Å². The molecule has 0 aromatic heterocycles. The lowest BCUT2D eigenvalue weighted by atomic mass is 9.85. The highest BCUT2D eigenvalue weighted by atomic mass is 15.2. The molecule has 2 aromatic rings. The molecule has 0 saturated carbocycles. The molecular formula is C25H35N3. The van der Waals surface area contributed by atoms with Crippen LogP contribution in [0.5, 0.6) is 0 Å². The van der Waals surface area contributed by atoms with Crippen LogP contribution in [-0.2, 0) is 6.54 Å². The summed E-state index contributed by atoms with van der Waals surface area (Å²) < 4.78 is 0. The van der Waals surface area contributed by atoms with Crippen molar-refractivity contribution in [2.45, 2.75) is 44.2 Å². The number of rotatable bonds is 7. The maximum absolute atomic E-state index is 3.93. The number of hydrogen-bond acceptors (Lipinski definition) is 3. The van der Waals surface area contributed by atoms with Gasteiger partial charge in [-0.3, -0.25) is 4.90 Å². The number of hydrogen-bond donors (Lipinski definition) is 1. The predicted octanol–water partition coefficient (Wildman–Crippen LogP) is 4.12. The molecule has 0 aliphatic carbocycles. The summed E-state index contributed by atoms with van der Waals surface area (Å²) in [6, 6.07) is 22.6. The molecule has 2 fully saturated rings. The molecule has 0 unspecified atom stereocenters. The highest BCUT2D eigenvalue weighted by Gasteiger charge is 2.30. The van der Waals surface area contributed by atoms with Gasteiger partial charge in [0.15, 0.2) is 0 Å². The van der Waals surface area contributed by atoms with Crippen LogP contribution in [0, 0.1) is 0 Å². The first-order valence-corrected chi connectivity index (χ1v) is 11.2. The lowest BCUT2D eigenvalue weighted by molar-refractivity contribution is 0.161. The molecular weight excluding hydrogens is 342 g/mol. The van der Waals surface area contributed by atoms with Crippen LogP contribution in [0.4, 0.5) is 0 Å². The standard InChI is InChI=1S/C25H35N3/c1-4-10-22(11-5-1)20-28-18-14-25(24(21-28)23-12-6-2-7-13-23)26-15-19-27-16-8-3-9-17-27/h1-2,4-7,10-13,24-26H,3,8-9,14-21H2/t24-,25-/m1/s1. The van der Waals surface area contributed by atoms with Crippen molar-refractivity contribution in [3.05, 3.63) is 71.8 Å². The minimum absolute atomic E-state index is 0.569. The van der Waals surface area contributed by atoms with Crippen LogP contribution in [0.25, 0.3) is 0 Å². The number of nitrogens with one attached hydrogen (secondary N) is 1. The van der Waals surface area contributed by atoms with E-state index in [1.807, 2.05) is 0 Å². The minimum Gasteiger partial charge on any atom is -0.312 e. The van der Waals surface area contributed by atoms with E-state index >= 15 is 0 Å². The molecule has 1 N–H and O–H groups in total. The van der Waals surface area contributed by atoms with E-state index in [0.29, 0.717) is 12.0 Å². The zero-order valence-corrected chi connectivity index (χ0v) is 17.1. The third kappa shape index (κ3) is 5.44. The second kappa shape index (κ2) is 10.2. The van der Waals surface area contributed by atoms with Crippen LogP contribution in [0.2, 0.25) is 0 Å². The predicted molar refractivity (Wildman–Crippen MR) is 118 cm³/mol. The van der Waals surface area contributed by atoms with Gasteiger partial charge in [-0.15, -0.1) is 0 Å². The highest BCUT2D eigenvalue weighted by molar-refractivity contribution is 5.23. The molecule has 0 bridgehead atoms. The van der Waals surface area contributed by atoms with E-state index in [4.69, 9.17) is 0 Å². The third-order valence-electron chi connectivity index (χ3n) is 6.46. The van der Waals surface area contributed by atoms with E-state index in [-0.39, 0.29) is 0 Å². The maximum Gasteiger partial charge on any atom is 0.0234 e. The summed E-state index contributed by atoms with van der Waals surface area (Å²) in [6.45, 7) is 8.28. The average Bonchev–Trinajstić information content (AvgIpc) is 2.77. The second-order valence-electron chi connectivity index (χ2n) is 8.49. The van der Waals surface area contributed by atoms with Gasteiger partial charge in [-0.2, -0.15) is 0 Å². The van der Waals surface area contributed by atoms with E-state index in [0.717, 1.165) is 19.6 Å². The lowest BCUT2D eigenvalue weighted by Gasteiger charge is -2.40. The van der Waals surface area contributed by atoms with Crippen LogP contribution in [-0.4, -0.2) is 55.1 Å². The van der Waals surface area contributed by atoms with Gasteiger partial charge in [-0.05, 0) is 43.5 Å². The Morgan fingerprint density at radius 1 is 0.786 bits per heavy atom. The van der Waals surface area contributed by atoms with Crippen molar-refractivity contribution < 1.29 is 0 Å². The molecule has 2 atom stereocenters. The largest absolute Gasteiger partial charge is 0.312 e. The van der Waals surface area contributed by atoms with Gasteiger partial charge in [0, 0.05) is 44.7 Å². The average molecular weight is 378 g/mol. The summed E-state index contributed by atoms with van der Waals surface area (Å²) in [5.74, 6) is 0.569. The van der Waals surface area contributed by atoms with Crippen LogP contribution in [0.3, 0.4) is 0 Å². The summed E-state index contributed by atoms with van der Waals surface area (Å²) in [7, 11) is 0. The summed E-state index contributed by atoms with van der Waals surface area (Å²) in [5, 5.41) is 3.93. The van der Waals surface area contributed by atoms with E-state index < -0.39 is 0 Å². The summed E-state index contributed by atoms with van der Waals surface area (Å²) in [5.41, 5.74) is 2.90. The smallest absolute Gasteiger partial charge is 0.0234 e. The minimum atomic E-state index is 0.569. The molecule has 4 rings (SSSR count). The van der Waals surface area contributed by atoms with Gasteiger partial charge in [0.05, 0.1) is 0 Å². The zero-order chi connectivity index (χ0) is 19.0. The number of likely N-dealkylation sites (tertiary alicyclic amines) is 2. The Bertz CT molecular complexity index is 681. The van der Waals surface area contributed by atoms with E-state index in [1.54, 1.807) is 0 Å². The summed E-state index contributed by atoms with van der Waals surface area (Å²) in [6.07, 6.45) is 5.40. The fraction of sp³-hybridized carbons (Fsp3) is 0.520. The fourth-order valence-corrected chi connectivity index (χ4v) is 4.88. The first-order valence-electron chi connectivity index (χ1n) is 11.2. The monoisotopic (exact) mass is 377 g/mol. The molecule has 0 spiro atoms. The van der Waals surface area contributed by atoms with Crippen molar-refractivity contribution in [1.29, 1.82) is 0 Å².